The van der Waals surface area contributed by atoms with Gasteiger partial charge in [-0.25, -0.2) is 0 Å². The highest BCUT2D eigenvalue weighted by molar-refractivity contribution is 5.76. The normalized spacial score (nSPS) is 10.4. The quantitative estimate of drug-likeness (QED) is 0.559. The zero-order valence-corrected chi connectivity index (χ0v) is 16.0. The van der Waals surface area contributed by atoms with E-state index in [-0.39, 0.29) is 12.3 Å². The van der Waals surface area contributed by atoms with Gasteiger partial charge in [0.15, 0.2) is 11.5 Å². The van der Waals surface area contributed by atoms with Crippen LogP contribution in [-0.2, 0) is 17.6 Å². The molecule has 3 N–H and O–H groups in total. The lowest BCUT2D eigenvalue weighted by Crippen LogP contribution is -2.22. The second-order valence-corrected chi connectivity index (χ2v) is 6.18. The number of carbonyl (C=O) groups is 1. The van der Waals surface area contributed by atoms with Crippen molar-refractivity contribution < 1.29 is 19.0 Å². The number of hydrogen-bond acceptors (Lipinski definition) is 5. The average molecular weight is 372 g/mol. The molecule has 2 aromatic carbocycles. The summed E-state index contributed by atoms with van der Waals surface area (Å²) in [4.78, 5) is 11.0. The number of nitrogens with two attached hydrogens (primary N) is 1. The van der Waals surface area contributed by atoms with Crippen LogP contribution in [0.2, 0.25) is 0 Å². The molecule has 0 unspecified atom stereocenters. The number of primary amides is 1. The molecule has 0 radical (unpaired) electrons. The van der Waals surface area contributed by atoms with Crippen molar-refractivity contribution in [1.82, 2.24) is 5.32 Å². The van der Waals surface area contributed by atoms with Crippen LogP contribution in [0.5, 0.6) is 17.2 Å². The Kier molecular flexibility index (Phi) is 8.45. The van der Waals surface area contributed by atoms with Gasteiger partial charge in [-0.1, -0.05) is 18.2 Å². The van der Waals surface area contributed by atoms with Gasteiger partial charge in [-0.05, 0) is 54.8 Å². The Morgan fingerprint density at radius 2 is 1.85 bits per heavy atom. The summed E-state index contributed by atoms with van der Waals surface area (Å²) >= 11 is 0. The number of aryl methyl sites for hydroxylation is 1. The van der Waals surface area contributed by atoms with Crippen molar-refractivity contribution in [3.8, 4) is 17.2 Å². The van der Waals surface area contributed by atoms with Crippen molar-refractivity contribution in [3.63, 3.8) is 0 Å². The van der Waals surface area contributed by atoms with Crippen LogP contribution in [0.25, 0.3) is 0 Å². The highest BCUT2D eigenvalue weighted by Crippen LogP contribution is 2.28. The Hall–Kier alpha value is -2.73. The maximum atomic E-state index is 11.0. The monoisotopic (exact) mass is 372 g/mol. The first-order chi connectivity index (χ1) is 13.1. The minimum Gasteiger partial charge on any atom is -0.497 e. The van der Waals surface area contributed by atoms with Crippen molar-refractivity contribution in [2.45, 2.75) is 19.3 Å². The zero-order valence-electron chi connectivity index (χ0n) is 16.0. The van der Waals surface area contributed by atoms with Gasteiger partial charge in [0.2, 0.25) is 5.91 Å². The fraction of sp³-hybridized carbons (Fsp3) is 0.381. The molecule has 0 aliphatic carbocycles. The van der Waals surface area contributed by atoms with E-state index < -0.39 is 0 Å². The van der Waals surface area contributed by atoms with E-state index in [0.29, 0.717) is 18.1 Å². The van der Waals surface area contributed by atoms with Crippen LogP contribution < -0.4 is 25.3 Å². The molecule has 0 heterocycles. The second-order valence-electron chi connectivity index (χ2n) is 6.18. The molecule has 6 nitrogen and oxygen atoms in total. The number of carbonyl (C=O) groups excluding carboxylic acids is 1. The van der Waals surface area contributed by atoms with E-state index in [2.05, 4.69) is 17.4 Å². The number of benzene rings is 2. The summed E-state index contributed by atoms with van der Waals surface area (Å²) < 4.78 is 16.3. The first-order valence-corrected chi connectivity index (χ1v) is 9.04. The van der Waals surface area contributed by atoms with Crippen LogP contribution in [0.15, 0.2) is 42.5 Å². The average Bonchev–Trinajstić information content (AvgIpc) is 2.67. The van der Waals surface area contributed by atoms with Gasteiger partial charge in [0.05, 0.1) is 20.6 Å². The Bertz CT molecular complexity index is 734. The smallest absolute Gasteiger partial charge is 0.221 e. The van der Waals surface area contributed by atoms with Crippen LogP contribution >= 0.6 is 0 Å². The molecule has 146 valence electrons. The second kappa shape index (κ2) is 11.1. The summed E-state index contributed by atoms with van der Waals surface area (Å²) in [6, 6.07) is 13.5. The molecule has 2 rings (SSSR count). The number of rotatable bonds is 12. The number of nitrogens with one attached hydrogen (secondary N) is 1. The predicted octanol–water partition coefficient (Wildman–Crippen LogP) is 2.33. The molecule has 6 heteroatoms. The first kappa shape index (κ1) is 20.6. The molecule has 27 heavy (non-hydrogen) atoms. The molecule has 0 saturated carbocycles. The fourth-order valence-corrected chi connectivity index (χ4v) is 2.75. The molecule has 2 aromatic rings. The van der Waals surface area contributed by atoms with Gasteiger partial charge >= 0.3 is 0 Å². The summed E-state index contributed by atoms with van der Waals surface area (Å²) in [5.41, 5.74) is 7.30. The molecular formula is C21H28N2O4. The maximum Gasteiger partial charge on any atom is 0.221 e. The van der Waals surface area contributed by atoms with Crippen molar-refractivity contribution in [1.29, 1.82) is 0 Å². The third-order valence-corrected chi connectivity index (χ3v) is 4.10. The Morgan fingerprint density at radius 3 is 2.59 bits per heavy atom. The van der Waals surface area contributed by atoms with Gasteiger partial charge in [0.1, 0.15) is 12.4 Å². The van der Waals surface area contributed by atoms with Gasteiger partial charge in [-0.2, -0.15) is 0 Å². The number of ether oxygens (including phenoxy) is 3. The Labute approximate surface area is 160 Å². The molecule has 0 saturated heterocycles. The van der Waals surface area contributed by atoms with Crippen molar-refractivity contribution in [2.75, 3.05) is 33.9 Å². The SMILES string of the molecule is COc1cccc(CCCNCCOc2ccc(CC(N)=O)cc2OC)c1. The molecule has 0 spiro atoms. The van der Waals surface area contributed by atoms with Crippen LogP contribution in [0.3, 0.4) is 0 Å². The molecule has 1 amide bonds. The lowest BCUT2D eigenvalue weighted by Gasteiger charge is -2.12. The van der Waals surface area contributed by atoms with E-state index in [0.717, 1.165) is 37.2 Å². The topological polar surface area (TPSA) is 82.8 Å². The van der Waals surface area contributed by atoms with Gasteiger partial charge in [0.25, 0.3) is 0 Å². The van der Waals surface area contributed by atoms with Crippen LogP contribution in [0.1, 0.15) is 17.5 Å². The summed E-state index contributed by atoms with van der Waals surface area (Å²) in [5.74, 6) is 1.78. The lowest BCUT2D eigenvalue weighted by molar-refractivity contribution is -0.117. The van der Waals surface area contributed by atoms with E-state index in [4.69, 9.17) is 19.9 Å². The number of methoxy groups -OCH3 is 2. The first-order valence-electron chi connectivity index (χ1n) is 9.04. The highest BCUT2D eigenvalue weighted by Gasteiger charge is 2.07. The van der Waals surface area contributed by atoms with E-state index in [1.54, 1.807) is 26.4 Å². The van der Waals surface area contributed by atoms with Crippen LogP contribution in [-0.4, -0.2) is 39.8 Å². The molecule has 0 atom stereocenters. The van der Waals surface area contributed by atoms with Crippen molar-refractivity contribution in [2.24, 2.45) is 5.73 Å². The van der Waals surface area contributed by atoms with Gasteiger partial charge < -0.3 is 25.3 Å². The Morgan fingerprint density at radius 1 is 1.00 bits per heavy atom. The molecule has 0 aliphatic heterocycles. The molecule has 0 aromatic heterocycles. The molecule has 0 aliphatic rings. The van der Waals surface area contributed by atoms with Crippen LogP contribution in [0.4, 0.5) is 0 Å². The van der Waals surface area contributed by atoms with E-state index in [1.165, 1.54) is 5.56 Å². The molecule has 0 fully saturated rings. The lowest BCUT2D eigenvalue weighted by atomic mass is 10.1. The summed E-state index contributed by atoms with van der Waals surface area (Å²) in [6.07, 6.45) is 2.23. The minimum absolute atomic E-state index is 0.186. The fourth-order valence-electron chi connectivity index (χ4n) is 2.75. The van der Waals surface area contributed by atoms with Gasteiger partial charge in [-0.15, -0.1) is 0 Å². The van der Waals surface area contributed by atoms with Crippen molar-refractivity contribution >= 4 is 5.91 Å². The molecule has 0 bridgehead atoms. The standard InChI is InChI=1S/C21H28N2O4/c1-25-18-7-3-5-16(13-18)6-4-10-23-11-12-27-19-9-8-17(15-21(22)24)14-20(19)26-2/h3,5,7-9,13-14,23H,4,6,10-12,15H2,1-2H3,(H2,22,24). The minimum atomic E-state index is -0.371. The molecular weight excluding hydrogens is 344 g/mol. The third-order valence-electron chi connectivity index (χ3n) is 4.10. The van der Waals surface area contributed by atoms with E-state index in [9.17, 15) is 4.79 Å². The number of hydrogen-bond donors (Lipinski definition) is 2. The predicted molar refractivity (Wildman–Crippen MR) is 106 cm³/mol. The summed E-state index contributed by atoms with van der Waals surface area (Å²) in [6.45, 7) is 2.18. The number of amides is 1. The zero-order chi connectivity index (χ0) is 19.5. The van der Waals surface area contributed by atoms with Crippen molar-refractivity contribution in [3.05, 3.63) is 53.6 Å². The summed E-state index contributed by atoms with van der Waals surface area (Å²) in [7, 11) is 3.26. The third kappa shape index (κ3) is 7.19. The van der Waals surface area contributed by atoms with Crippen LogP contribution in [0, 0.1) is 0 Å². The van der Waals surface area contributed by atoms with E-state index >= 15 is 0 Å². The maximum absolute atomic E-state index is 11.0. The summed E-state index contributed by atoms with van der Waals surface area (Å²) in [5, 5.41) is 3.37. The van der Waals surface area contributed by atoms with E-state index in [1.807, 2.05) is 18.2 Å². The van der Waals surface area contributed by atoms with Gasteiger partial charge in [0, 0.05) is 6.54 Å². The Balaban J connectivity index is 1.67. The largest absolute Gasteiger partial charge is 0.497 e. The highest BCUT2D eigenvalue weighted by atomic mass is 16.5. The van der Waals surface area contributed by atoms with Gasteiger partial charge in [-0.3, -0.25) is 4.79 Å².